The zero-order valence-electron chi connectivity index (χ0n) is 15.9. The van der Waals surface area contributed by atoms with Crippen molar-refractivity contribution < 1.29 is 14.3 Å². The lowest BCUT2D eigenvalue weighted by Crippen LogP contribution is -2.14. The lowest BCUT2D eigenvalue weighted by atomic mass is 10.1. The van der Waals surface area contributed by atoms with Crippen molar-refractivity contribution in [1.29, 1.82) is 0 Å². The Balaban J connectivity index is 1.74. The number of para-hydroxylation sites is 1. The van der Waals surface area contributed by atoms with Crippen LogP contribution in [0.15, 0.2) is 60.8 Å². The van der Waals surface area contributed by atoms with Crippen molar-refractivity contribution in [1.82, 2.24) is 4.98 Å². The molecule has 0 radical (unpaired) electrons. The average molecular weight is 375 g/mol. The monoisotopic (exact) mass is 375 g/mol. The van der Waals surface area contributed by atoms with Gasteiger partial charge in [-0.25, -0.2) is 9.78 Å². The Labute approximate surface area is 163 Å². The van der Waals surface area contributed by atoms with Gasteiger partial charge in [-0.2, -0.15) is 0 Å². The molecule has 0 saturated heterocycles. The van der Waals surface area contributed by atoms with Crippen LogP contribution in [0.1, 0.15) is 32.0 Å². The molecule has 2 aromatic carbocycles. The fourth-order valence-electron chi connectivity index (χ4n) is 2.71. The summed E-state index contributed by atoms with van der Waals surface area (Å²) in [7, 11) is 1.34. The molecule has 0 aliphatic heterocycles. The number of pyridine rings is 1. The molecule has 0 saturated carbocycles. The molecule has 0 fully saturated rings. The molecule has 0 spiro atoms. The topological polar surface area (TPSA) is 80.3 Å². The number of aryl methyl sites for hydroxylation is 1. The molecule has 0 aliphatic carbocycles. The van der Waals surface area contributed by atoms with Crippen LogP contribution >= 0.6 is 0 Å². The van der Waals surface area contributed by atoms with Gasteiger partial charge in [-0.1, -0.05) is 24.3 Å². The van der Waals surface area contributed by atoms with E-state index in [0.717, 1.165) is 16.8 Å². The van der Waals surface area contributed by atoms with Crippen LogP contribution in [-0.4, -0.2) is 24.0 Å². The number of amides is 1. The Morgan fingerprint density at radius 3 is 2.39 bits per heavy atom. The first-order chi connectivity index (χ1) is 13.5. The van der Waals surface area contributed by atoms with Crippen LogP contribution in [0, 0.1) is 13.8 Å². The quantitative estimate of drug-likeness (QED) is 0.643. The summed E-state index contributed by atoms with van der Waals surface area (Å²) in [4.78, 5) is 28.6. The molecular formula is C22H21N3O3. The number of methoxy groups -OCH3 is 1. The Morgan fingerprint density at radius 2 is 1.68 bits per heavy atom. The van der Waals surface area contributed by atoms with Gasteiger partial charge < -0.3 is 15.4 Å². The number of nitrogens with zero attached hydrogens (tertiary/aromatic N) is 1. The van der Waals surface area contributed by atoms with E-state index in [4.69, 9.17) is 4.74 Å². The maximum atomic E-state index is 12.5. The summed E-state index contributed by atoms with van der Waals surface area (Å²) in [6.07, 6.45) is 1.55. The Hall–Kier alpha value is -3.67. The van der Waals surface area contributed by atoms with Crippen molar-refractivity contribution in [3.63, 3.8) is 0 Å². The summed E-state index contributed by atoms with van der Waals surface area (Å²) in [5, 5.41) is 6.01. The molecule has 0 unspecified atom stereocenters. The second-order valence-corrected chi connectivity index (χ2v) is 6.30. The van der Waals surface area contributed by atoms with Crippen LogP contribution in [0.25, 0.3) is 0 Å². The van der Waals surface area contributed by atoms with E-state index in [1.807, 2.05) is 38.1 Å². The van der Waals surface area contributed by atoms with Gasteiger partial charge in [0.25, 0.3) is 5.91 Å². The maximum absolute atomic E-state index is 12.5. The van der Waals surface area contributed by atoms with Crippen LogP contribution in [0.3, 0.4) is 0 Å². The molecule has 3 rings (SSSR count). The summed E-state index contributed by atoms with van der Waals surface area (Å²) in [5.74, 6) is -0.712. The molecule has 0 bridgehead atoms. The molecule has 6 heteroatoms. The molecule has 1 aromatic heterocycles. The van der Waals surface area contributed by atoms with Gasteiger partial charge in [-0.05, 0) is 55.3 Å². The highest BCUT2D eigenvalue weighted by molar-refractivity contribution is 6.03. The zero-order chi connectivity index (χ0) is 20.1. The van der Waals surface area contributed by atoms with Crippen molar-refractivity contribution in [2.45, 2.75) is 13.8 Å². The lowest BCUT2D eigenvalue weighted by molar-refractivity contribution is 0.0601. The van der Waals surface area contributed by atoms with E-state index in [1.54, 1.807) is 36.5 Å². The van der Waals surface area contributed by atoms with E-state index in [2.05, 4.69) is 15.6 Å². The summed E-state index contributed by atoms with van der Waals surface area (Å²) in [6, 6.07) is 16.1. The molecule has 0 aliphatic rings. The van der Waals surface area contributed by atoms with Crippen molar-refractivity contribution in [3.05, 3.63) is 83.2 Å². The number of hydrogen-bond acceptors (Lipinski definition) is 5. The number of carbonyl (C=O) groups excluding carboxylic acids is 2. The van der Waals surface area contributed by atoms with E-state index in [0.29, 0.717) is 22.6 Å². The molecule has 0 atom stereocenters. The minimum absolute atomic E-state index is 0.282. The van der Waals surface area contributed by atoms with E-state index in [9.17, 15) is 9.59 Å². The third kappa shape index (κ3) is 4.17. The van der Waals surface area contributed by atoms with E-state index >= 15 is 0 Å². The number of esters is 1. The van der Waals surface area contributed by atoms with Gasteiger partial charge in [0.2, 0.25) is 0 Å². The SMILES string of the molecule is COC(=O)c1ccccc1Nc1ccc(C(=O)Nc2cccc(C)c2C)nc1. The molecule has 6 nitrogen and oxygen atoms in total. The number of benzene rings is 2. The molecule has 142 valence electrons. The summed E-state index contributed by atoms with van der Waals surface area (Å²) < 4.78 is 4.79. The van der Waals surface area contributed by atoms with Gasteiger partial charge in [-0.3, -0.25) is 4.79 Å². The Kier molecular flexibility index (Phi) is 5.69. The highest BCUT2D eigenvalue weighted by Gasteiger charge is 2.13. The Morgan fingerprint density at radius 1 is 0.929 bits per heavy atom. The highest BCUT2D eigenvalue weighted by Crippen LogP contribution is 2.22. The number of ether oxygens (including phenoxy) is 1. The largest absolute Gasteiger partial charge is 0.465 e. The average Bonchev–Trinajstić information content (AvgIpc) is 2.71. The number of carbonyl (C=O) groups is 2. The molecule has 1 heterocycles. The summed E-state index contributed by atoms with van der Waals surface area (Å²) in [5.41, 5.74) is 4.86. The summed E-state index contributed by atoms with van der Waals surface area (Å²) >= 11 is 0. The van der Waals surface area contributed by atoms with Crippen molar-refractivity contribution in [2.75, 3.05) is 17.7 Å². The first-order valence-corrected chi connectivity index (χ1v) is 8.77. The second-order valence-electron chi connectivity index (χ2n) is 6.30. The number of rotatable bonds is 5. The minimum atomic E-state index is -0.430. The van der Waals surface area contributed by atoms with Gasteiger partial charge in [0, 0.05) is 5.69 Å². The van der Waals surface area contributed by atoms with Gasteiger partial charge in [0.1, 0.15) is 5.69 Å². The number of nitrogens with one attached hydrogen (secondary N) is 2. The van der Waals surface area contributed by atoms with Crippen LogP contribution < -0.4 is 10.6 Å². The van der Waals surface area contributed by atoms with E-state index in [-0.39, 0.29) is 5.91 Å². The van der Waals surface area contributed by atoms with Crippen LogP contribution in [0.4, 0.5) is 17.1 Å². The van der Waals surface area contributed by atoms with Gasteiger partial charge in [0.15, 0.2) is 0 Å². The van der Waals surface area contributed by atoms with Gasteiger partial charge >= 0.3 is 5.97 Å². The predicted molar refractivity (Wildman–Crippen MR) is 109 cm³/mol. The van der Waals surface area contributed by atoms with E-state index < -0.39 is 5.97 Å². The number of hydrogen-bond donors (Lipinski definition) is 2. The molecule has 2 N–H and O–H groups in total. The molecular weight excluding hydrogens is 354 g/mol. The maximum Gasteiger partial charge on any atom is 0.339 e. The minimum Gasteiger partial charge on any atom is -0.465 e. The van der Waals surface area contributed by atoms with Crippen molar-refractivity contribution >= 4 is 28.9 Å². The van der Waals surface area contributed by atoms with Gasteiger partial charge in [0.05, 0.1) is 30.2 Å². The Bertz CT molecular complexity index is 1010. The van der Waals surface area contributed by atoms with Crippen LogP contribution in [0.2, 0.25) is 0 Å². The lowest BCUT2D eigenvalue weighted by Gasteiger charge is -2.12. The molecule has 1 amide bonds. The third-order valence-electron chi connectivity index (χ3n) is 4.46. The zero-order valence-corrected chi connectivity index (χ0v) is 15.9. The third-order valence-corrected chi connectivity index (χ3v) is 4.46. The normalized spacial score (nSPS) is 10.2. The van der Waals surface area contributed by atoms with Gasteiger partial charge in [-0.15, -0.1) is 0 Å². The molecule has 3 aromatic rings. The fraction of sp³-hybridized carbons (Fsp3) is 0.136. The second kappa shape index (κ2) is 8.35. The first-order valence-electron chi connectivity index (χ1n) is 8.77. The number of aromatic nitrogens is 1. The van der Waals surface area contributed by atoms with E-state index in [1.165, 1.54) is 7.11 Å². The smallest absolute Gasteiger partial charge is 0.339 e. The van der Waals surface area contributed by atoms with Crippen molar-refractivity contribution in [3.8, 4) is 0 Å². The highest BCUT2D eigenvalue weighted by atomic mass is 16.5. The number of anilines is 3. The molecule has 28 heavy (non-hydrogen) atoms. The van der Waals surface area contributed by atoms with Crippen LogP contribution in [-0.2, 0) is 4.74 Å². The predicted octanol–water partition coefficient (Wildman–Crippen LogP) is 4.48. The fourth-order valence-corrected chi connectivity index (χ4v) is 2.71. The summed E-state index contributed by atoms with van der Waals surface area (Å²) in [6.45, 7) is 3.96. The first kappa shape index (κ1) is 19.1. The van der Waals surface area contributed by atoms with Crippen molar-refractivity contribution in [2.24, 2.45) is 0 Å². The van der Waals surface area contributed by atoms with Crippen LogP contribution in [0.5, 0.6) is 0 Å². The standard InChI is InChI=1S/C22H21N3O3/c1-14-7-6-10-18(15(14)2)25-21(26)20-12-11-16(13-23-20)24-19-9-5-4-8-17(19)22(27)28-3/h4-13,24H,1-3H3,(H,25,26).